The number of anilines is 1. The van der Waals surface area contributed by atoms with Gasteiger partial charge in [0.1, 0.15) is 5.82 Å². The Bertz CT molecular complexity index is 709. The van der Waals surface area contributed by atoms with Crippen LogP contribution in [-0.4, -0.2) is 45.5 Å². The second kappa shape index (κ2) is 4.44. The third-order valence-electron chi connectivity index (χ3n) is 3.46. The Labute approximate surface area is 111 Å². The molecule has 0 spiro atoms. The SMILES string of the molecule is Cc1nnc2c(NCC3CCCS3(=O)=O)nccn12. The van der Waals surface area contributed by atoms with Crippen LogP contribution in [0.15, 0.2) is 12.4 Å². The van der Waals surface area contributed by atoms with Gasteiger partial charge in [0.2, 0.25) is 5.65 Å². The van der Waals surface area contributed by atoms with E-state index in [0.717, 1.165) is 12.2 Å². The Kier molecular flexibility index (Phi) is 2.89. The summed E-state index contributed by atoms with van der Waals surface area (Å²) in [5.41, 5.74) is 0.621. The Morgan fingerprint density at radius 2 is 2.32 bits per heavy atom. The molecule has 3 rings (SSSR count). The van der Waals surface area contributed by atoms with E-state index in [1.165, 1.54) is 0 Å². The van der Waals surface area contributed by atoms with Crippen molar-refractivity contribution in [2.24, 2.45) is 0 Å². The topological polar surface area (TPSA) is 89.2 Å². The summed E-state index contributed by atoms with van der Waals surface area (Å²) in [7, 11) is -2.94. The summed E-state index contributed by atoms with van der Waals surface area (Å²) in [5, 5.41) is 10.8. The zero-order valence-electron chi connectivity index (χ0n) is 10.6. The highest BCUT2D eigenvalue weighted by atomic mass is 32.2. The number of fused-ring (bicyclic) bond motifs is 1. The smallest absolute Gasteiger partial charge is 0.203 e. The normalized spacial score (nSPS) is 21.8. The van der Waals surface area contributed by atoms with Crippen LogP contribution >= 0.6 is 0 Å². The molecule has 1 aliphatic rings. The molecular formula is C11H15N5O2S. The zero-order valence-corrected chi connectivity index (χ0v) is 11.4. The number of rotatable bonds is 3. The molecule has 0 saturated carbocycles. The predicted octanol–water partition coefficient (Wildman–Crippen LogP) is 0.422. The van der Waals surface area contributed by atoms with Crippen LogP contribution in [0, 0.1) is 6.92 Å². The molecule has 1 atom stereocenters. The predicted molar refractivity (Wildman–Crippen MR) is 70.8 cm³/mol. The van der Waals surface area contributed by atoms with Crippen LogP contribution in [-0.2, 0) is 9.84 Å². The van der Waals surface area contributed by atoms with Crippen LogP contribution in [0.5, 0.6) is 0 Å². The van der Waals surface area contributed by atoms with Crippen molar-refractivity contribution in [3.8, 4) is 0 Å². The molecule has 7 nitrogen and oxygen atoms in total. The van der Waals surface area contributed by atoms with E-state index in [-0.39, 0.29) is 5.25 Å². The van der Waals surface area contributed by atoms with E-state index in [2.05, 4.69) is 20.5 Å². The van der Waals surface area contributed by atoms with E-state index in [4.69, 9.17) is 0 Å². The summed E-state index contributed by atoms with van der Waals surface area (Å²) < 4.78 is 25.3. The molecule has 1 N–H and O–H groups in total. The van der Waals surface area contributed by atoms with Gasteiger partial charge in [-0.3, -0.25) is 4.40 Å². The van der Waals surface area contributed by atoms with Crippen molar-refractivity contribution >= 4 is 21.3 Å². The van der Waals surface area contributed by atoms with E-state index >= 15 is 0 Å². The van der Waals surface area contributed by atoms with E-state index < -0.39 is 9.84 Å². The van der Waals surface area contributed by atoms with Crippen molar-refractivity contribution < 1.29 is 8.42 Å². The summed E-state index contributed by atoms with van der Waals surface area (Å²) in [6.45, 7) is 2.23. The number of nitrogens with one attached hydrogen (secondary N) is 1. The van der Waals surface area contributed by atoms with E-state index in [1.807, 2.05) is 11.3 Å². The summed E-state index contributed by atoms with van der Waals surface area (Å²) in [4.78, 5) is 4.20. The monoisotopic (exact) mass is 281 g/mol. The van der Waals surface area contributed by atoms with Gasteiger partial charge >= 0.3 is 0 Å². The average Bonchev–Trinajstić information content (AvgIpc) is 2.91. The maximum Gasteiger partial charge on any atom is 0.203 e. The largest absolute Gasteiger partial charge is 0.366 e. The highest BCUT2D eigenvalue weighted by Gasteiger charge is 2.31. The molecule has 3 heterocycles. The van der Waals surface area contributed by atoms with Crippen molar-refractivity contribution in [1.82, 2.24) is 19.6 Å². The van der Waals surface area contributed by atoms with Gasteiger partial charge in [-0.15, -0.1) is 10.2 Å². The van der Waals surface area contributed by atoms with Crippen LogP contribution < -0.4 is 5.32 Å². The molecule has 0 aromatic carbocycles. The van der Waals surface area contributed by atoms with Gasteiger partial charge in [-0.1, -0.05) is 0 Å². The fourth-order valence-corrected chi connectivity index (χ4v) is 4.13. The van der Waals surface area contributed by atoms with Gasteiger partial charge < -0.3 is 5.32 Å². The molecule has 1 aliphatic heterocycles. The summed E-state index contributed by atoms with van der Waals surface area (Å²) in [6, 6.07) is 0. The lowest BCUT2D eigenvalue weighted by Gasteiger charge is -2.11. The minimum Gasteiger partial charge on any atom is -0.366 e. The van der Waals surface area contributed by atoms with Crippen molar-refractivity contribution in [2.75, 3.05) is 17.6 Å². The van der Waals surface area contributed by atoms with Crippen LogP contribution in [0.1, 0.15) is 18.7 Å². The third kappa shape index (κ3) is 2.16. The van der Waals surface area contributed by atoms with E-state index in [9.17, 15) is 8.42 Å². The molecule has 8 heteroatoms. The molecule has 102 valence electrons. The highest BCUT2D eigenvalue weighted by Crippen LogP contribution is 2.21. The number of nitrogens with zero attached hydrogens (tertiary/aromatic N) is 4. The van der Waals surface area contributed by atoms with Crippen LogP contribution in [0.2, 0.25) is 0 Å². The molecule has 0 aliphatic carbocycles. The number of hydrogen-bond donors (Lipinski definition) is 1. The van der Waals surface area contributed by atoms with Gasteiger partial charge in [0, 0.05) is 18.9 Å². The molecule has 2 aromatic rings. The lowest BCUT2D eigenvalue weighted by atomic mass is 10.2. The van der Waals surface area contributed by atoms with E-state index in [0.29, 0.717) is 30.2 Å². The number of aromatic nitrogens is 4. The van der Waals surface area contributed by atoms with Gasteiger partial charge in [-0.2, -0.15) is 0 Å². The highest BCUT2D eigenvalue weighted by molar-refractivity contribution is 7.92. The van der Waals surface area contributed by atoms with Crippen molar-refractivity contribution in [1.29, 1.82) is 0 Å². The summed E-state index contributed by atoms with van der Waals surface area (Å²) in [6.07, 6.45) is 4.89. The second-order valence-corrected chi connectivity index (χ2v) is 7.13. The molecule has 1 unspecified atom stereocenters. The summed E-state index contributed by atoms with van der Waals surface area (Å²) >= 11 is 0. The van der Waals surface area contributed by atoms with Crippen LogP contribution in [0.3, 0.4) is 0 Å². The first-order valence-corrected chi connectivity index (χ1v) is 7.91. The van der Waals surface area contributed by atoms with Gasteiger partial charge in [-0.25, -0.2) is 13.4 Å². The Morgan fingerprint density at radius 1 is 1.47 bits per heavy atom. The molecule has 1 saturated heterocycles. The van der Waals surface area contributed by atoms with Crippen LogP contribution in [0.4, 0.5) is 5.82 Å². The molecule has 0 bridgehead atoms. The fourth-order valence-electron chi connectivity index (χ4n) is 2.36. The number of hydrogen-bond acceptors (Lipinski definition) is 6. The first-order chi connectivity index (χ1) is 9.08. The fraction of sp³-hybridized carbons (Fsp3) is 0.545. The molecule has 2 aromatic heterocycles. The van der Waals surface area contributed by atoms with E-state index in [1.54, 1.807) is 12.4 Å². The molecule has 0 radical (unpaired) electrons. The Balaban J connectivity index is 1.83. The maximum atomic E-state index is 11.8. The lowest BCUT2D eigenvalue weighted by molar-refractivity contribution is 0.591. The van der Waals surface area contributed by atoms with Gasteiger partial charge in [-0.05, 0) is 19.8 Å². The maximum absolute atomic E-state index is 11.8. The molecule has 1 fully saturated rings. The first-order valence-electron chi connectivity index (χ1n) is 6.20. The first kappa shape index (κ1) is 12.3. The van der Waals surface area contributed by atoms with Gasteiger partial charge in [0.05, 0.1) is 11.0 Å². The summed E-state index contributed by atoms with van der Waals surface area (Å²) in [5.74, 6) is 1.64. The average molecular weight is 281 g/mol. The molecular weight excluding hydrogens is 266 g/mol. The lowest BCUT2D eigenvalue weighted by Crippen LogP contribution is -2.25. The zero-order chi connectivity index (χ0) is 13.5. The quantitative estimate of drug-likeness (QED) is 0.877. The standard InChI is InChI=1S/C11H15N5O2S/c1-8-14-15-11-10(12-4-5-16(8)11)13-7-9-3-2-6-19(9,17)18/h4-5,9H,2-3,6-7H2,1H3,(H,12,13). The van der Waals surface area contributed by atoms with Crippen molar-refractivity contribution in [2.45, 2.75) is 25.0 Å². The Morgan fingerprint density at radius 3 is 3.05 bits per heavy atom. The Hall–Kier alpha value is -1.70. The molecule has 19 heavy (non-hydrogen) atoms. The third-order valence-corrected chi connectivity index (χ3v) is 5.73. The number of aryl methyl sites for hydroxylation is 1. The van der Waals surface area contributed by atoms with Crippen LogP contribution in [0.25, 0.3) is 5.65 Å². The van der Waals surface area contributed by atoms with Gasteiger partial charge in [0.25, 0.3) is 0 Å². The van der Waals surface area contributed by atoms with Gasteiger partial charge in [0.15, 0.2) is 15.7 Å². The second-order valence-electron chi connectivity index (χ2n) is 4.73. The molecule has 0 amide bonds. The van der Waals surface area contributed by atoms with Crippen molar-refractivity contribution in [3.63, 3.8) is 0 Å². The minimum absolute atomic E-state index is 0.293. The minimum atomic E-state index is -2.94. The van der Waals surface area contributed by atoms with Crippen molar-refractivity contribution in [3.05, 3.63) is 18.2 Å². The number of sulfone groups is 1.